The molecule has 0 atom stereocenters. The highest BCUT2D eigenvalue weighted by Crippen LogP contribution is 2.33. The molecule has 0 saturated carbocycles. The van der Waals surface area contributed by atoms with Gasteiger partial charge < -0.3 is 10.6 Å². The van der Waals surface area contributed by atoms with Gasteiger partial charge in [-0.1, -0.05) is 11.8 Å². The Balaban J connectivity index is 2.09. The molecular formula is C14H17N5OS2. The lowest BCUT2D eigenvalue weighted by molar-refractivity contribution is -0.127. The monoisotopic (exact) mass is 335 g/mol. The molecule has 22 heavy (non-hydrogen) atoms. The van der Waals surface area contributed by atoms with Crippen molar-refractivity contribution < 1.29 is 4.79 Å². The Kier molecular flexibility index (Phi) is 5.21. The van der Waals surface area contributed by atoms with Gasteiger partial charge in [0.2, 0.25) is 5.91 Å². The van der Waals surface area contributed by atoms with Crippen LogP contribution in [0.15, 0.2) is 5.16 Å². The summed E-state index contributed by atoms with van der Waals surface area (Å²) in [4.78, 5) is 24.3. The van der Waals surface area contributed by atoms with E-state index in [9.17, 15) is 4.79 Å². The quantitative estimate of drug-likeness (QED) is 0.665. The van der Waals surface area contributed by atoms with Crippen molar-refractivity contribution in [2.24, 2.45) is 0 Å². The van der Waals surface area contributed by atoms with E-state index in [0.29, 0.717) is 23.9 Å². The molecule has 2 aromatic heterocycles. The van der Waals surface area contributed by atoms with Crippen LogP contribution >= 0.6 is 23.1 Å². The van der Waals surface area contributed by atoms with E-state index < -0.39 is 0 Å². The number of nitriles is 1. The minimum Gasteiger partial charge on any atom is -0.383 e. The molecule has 2 aromatic rings. The number of anilines is 1. The van der Waals surface area contributed by atoms with E-state index in [1.54, 1.807) is 18.4 Å². The Morgan fingerprint density at radius 1 is 1.45 bits per heavy atom. The number of amides is 1. The predicted octanol–water partition coefficient (Wildman–Crippen LogP) is 2.35. The summed E-state index contributed by atoms with van der Waals surface area (Å²) in [5.74, 6) is 0.636. The van der Waals surface area contributed by atoms with E-state index in [-0.39, 0.29) is 11.7 Å². The lowest BCUT2D eigenvalue weighted by Gasteiger charge is -2.14. The largest absolute Gasteiger partial charge is 0.383 e. The van der Waals surface area contributed by atoms with Crippen molar-refractivity contribution in [1.29, 1.82) is 5.26 Å². The van der Waals surface area contributed by atoms with Crippen LogP contribution in [0.5, 0.6) is 0 Å². The number of aromatic nitrogens is 2. The Bertz CT molecular complexity index is 750. The average molecular weight is 335 g/mol. The van der Waals surface area contributed by atoms with Crippen molar-refractivity contribution in [2.75, 3.05) is 25.1 Å². The van der Waals surface area contributed by atoms with Crippen molar-refractivity contribution in [1.82, 2.24) is 14.9 Å². The number of thiophene rings is 1. The third kappa shape index (κ3) is 3.48. The van der Waals surface area contributed by atoms with E-state index in [1.165, 1.54) is 21.5 Å². The molecular weight excluding hydrogens is 318 g/mol. The van der Waals surface area contributed by atoms with Gasteiger partial charge in [0.05, 0.1) is 23.6 Å². The molecule has 0 spiro atoms. The maximum Gasteiger partial charge on any atom is 0.232 e. The van der Waals surface area contributed by atoms with Crippen LogP contribution in [-0.4, -0.2) is 40.1 Å². The second-order valence-corrected chi connectivity index (χ2v) is 7.01. The number of fused-ring (bicyclic) bond motifs is 1. The van der Waals surface area contributed by atoms with Crippen molar-refractivity contribution in [3.63, 3.8) is 0 Å². The summed E-state index contributed by atoms with van der Waals surface area (Å²) in [5, 5.41) is 9.95. The number of rotatable bonds is 5. The summed E-state index contributed by atoms with van der Waals surface area (Å²) in [6.45, 7) is 4.47. The van der Waals surface area contributed by atoms with Gasteiger partial charge in [0.1, 0.15) is 10.6 Å². The van der Waals surface area contributed by atoms with Crippen molar-refractivity contribution >= 4 is 45.0 Å². The van der Waals surface area contributed by atoms with Crippen LogP contribution in [0.25, 0.3) is 10.2 Å². The number of hydrogen-bond donors (Lipinski definition) is 1. The average Bonchev–Trinajstić information content (AvgIpc) is 2.77. The molecule has 116 valence electrons. The third-order valence-electron chi connectivity index (χ3n) is 3.35. The number of nitrogen functional groups attached to an aromatic ring is 1. The molecule has 0 fully saturated rings. The standard InChI is InChI=1S/C14H17N5OS2/c1-8-9(2)22-13-11(8)12(16)17-14(18-13)21-7-10(20)19(3)6-4-5-15/h4,6-7H2,1-3H3,(H2,16,17,18). The highest BCUT2D eigenvalue weighted by molar-refractivity contribution is 7.99. The second-order valence-electron chi connectivity index (χ2n) is 4.87. The molecule has 0 aromatic carbocycles. The molecule has 6 nitrogen and oxygen atoms in total. The first-order valence-electron chi connectivity index (χ1n) is 6.71. The van der Waals surface area contributed by atoms with Gasteiger partial charge in [-0.05, 0) is 19.4 Å². The zero-order chi connectivity index (χ0) is 16.3. The van der Waals surface area contributed by atoms with Crippen LogP contribution in [-0.2, 0) is 4.79 Å². The first-order valence-corrected chi connectivity index (χ1v) is 8.51. The molecule has 1 amide bonds. The molecule has 2 N–H and O–H groups in total. The maximum atomic E-state index is 11.9. The lowest BCUT2D eigenvalue weighted by atomic mass is 10.2. The van der Waals surface area contributed by atoms with Gasteiger partial charge in [0, 0.05) is 18.5 Å². The van der Waals surface area contributed by atoms with E-state index in [4.69, 9.17) is 11.0 Å². The Morgan fingerprint density at radius 2 is 2.18 bits per heavy atom. The van der Waals surface area contributed by atoms with Gasteiger partial charge in [0.25, 0.3) is 0 Å². The first-order chi connectivity index (χ1) is 10.4. The Hall–Kier alpha value is -1.85. The molecule has 0 aliphatic rings. The molecule has 2 heterocycles. The smallest absolute Gasteiger partial charge is 0.232 e. The highest BCUT2D eigenvalue weighted by atomic mass is 32.2. The number of carbonyl (C=O) groups excluding carboxylic acids is 1. The van der Waals surface area contributed by atoms with Crippen LogP contribution in [0.4, 0.5) is 5.82 Å². The second kappa shape index (κ2) is 6.94. The van der Waals surface area contributed by atoms with Gasteiger partial charge in [-0.25, -0.2) is 9.97 Å². The summed E-state index contributed by atoms with van der Waals surface area (Å²) in [7, 11) is 1.69. The molecule has 0 bridgehead atoms. The summed E-state index contributed by atoms with van der Waals surface area (Å²) < 4.78 is 0. The predicted molar refractivity (Wildman–Crippen MR) is 89.9 cm³/mol. The molecule has 8 heteroatoms. The van der Waals surface area contributed by atoms with Gasteiger partial charge in [-0.15, -0.1) is 11.3 Å². The number of carbonyl (C=O) groups is 1. The first kappa shape index (κ1) is 16.5. The van der Waals surface area contributed by atoms with E-state index in [2.05, 4.69) is 9.97 Å². The molecule has 0 saturated heterocycles. The number of aryl methyl sites for hydroxylation is 2. The molecule has 2 rings (SSSR count). The zero-order valence-corrected chi connectivity index (χ0v) is 14.3. The van der Waals surface area contributed by atoms with Crippen molar-refractivity contribution in [3.8, 4) is 6.07 Å². The maximum absolute atomic E-state index is 11.9. The topological polar surface area (TPSA) is 95.9 Å². The van der Waals surface area contributed by atoms with Crippen LogP contribution < -0.4 is 5.73 Å². The summed E-state index contributed by atoms with van der Waals surface area (Å²) in [6, 6.07) is 2.02. The SMILES string of the molecule is Cc1sc2nc(SCC(=O)N(C)CCC#N)nc(N)c2c1C. The summed E-state index contributed by atoms with van der Waals surface area (Å²) >= 11 is 2.85. The molecule has 0 unspecified atom stereocenters. The lowest BCUT2D eigenvalue weighted by Crippen LogP contribution is -2.29. The van der Waals surface area contributed by atoms with E-state index in [1.807, 2.05) is 19.9 Å². The van der Waals surface area contributed by atoms with Crippen LogP contribution in [0.3, 0.4) is 0 Å². The number of thioether (sulfide) groups is 1. The van der Waals surface area contributed by atoms with E-state index in [0.717, 1.165) is 15.8 Å². The van der Waals surface area contributed by atoms with Crippen molar-refractivity contribution in [3.05, 3.63) is 10.4 Å². The Morgan fingerprint density at radius 3 is 2.86 bits per heavy atom. The fourth-order valence-electron chi connectivity index (χ4n) is 1.90. The number of hydrogen-bond acceptors (Lipinski definition) is 7. The summed E-state index contributed by atoms with van der Waals surface area (Å²) in [5.41, 5.74) is 7.13. The van der Waals surface area contributed by atoms with Gasteiger partial charge in [0.15, 0.2) is 5.16 Å². The number of nitrogens with zero attached hydrogens (tertiary/aromatic N) is 4. The van der Waals surface area contributed by atoms with Gasteiger partial charge >= 0.3 is 0 Å². The van der Waals surface area contributed by atoms with Crippen molar-refractivity contribution in [2.45, 2.75) is 25.4 Å². The summed E-state index contributed by atoms with van der Waals surface area (Å²) in [6.07, 6.45) is 0.329. The minimum atomic E-state index is -0.0546. The zero-order valence-electron chi connectivity index (χ0n) is 12.7. The Labute approximate surface area is 137 Å². The normalized spacial score (nSPS) is 10.6. The molecule has 0 aliphatic carbocycles. The fraction of sp³-hybridized carbons (Fsp3) is 0.429. The minimum absolute atomic E-state index is 0.0546. The van der Waals surface area contributed by atoms with Crippen LogP contribution in [0.2, 0.25) is 0 Å². The van der Waals surface area contributed by atoms with Crippen LogP contribution in [0.1, 0.15) is 16.9 Å². The third-order valence-corrected chi connectivity index (χ3v) is 5.28. The van der Waals surface area contributed by atoms with Gasteiger partial charge in [-0.3, -0.25) is 4.79 Å². The number of nitrogens with two attached hydrogens (primary N) is 1. The fourth-order valence-corrected chi connectivity index (χ4v) is 3.79. The molecule has 0 radical (unpaired) electrons. The molecule has 0 aliphatic heterocycles. The van der Waals surface area contributed by atoms with E-state index >= 15 is 0 Å². The van der Waals surface area contributed by atoms with Gasteiger partial charge in [-0.2, -0.15) is 5.26 Å². The van der Waals surface area contributed by atoms with Crippen LogP contribution in [0, 0.1) is 25.2 Å². The highest BCUT2D eigenvalue weighted by Gasteiger charge is 2.15.